The molecule has 5 N–H and O–H groups in total. The molecule has 0 radical (unpaired) electrons. The van der Waals surface area contributed by atoms with E-state index in [1.165, 1.54) is 6.08 Å². The number of carbonyl (C=O) groups is 2. The van der Waals surface area contributed by atoms with Crippen LogP contribution in [0.2, 0.25) is 0 Å². The van der Waals surface area contributed by atoms with Crippen LogP contribution in [0.25, 0.3) is 11.7 Å². The van der Waals surface area contributed by atoms with Gasteiger partial charge in [0.15, 0.2) is 5.65 Å². The van der Waals surface area contributed by atoms with Crippen molar-refractivity contribution in [3.8, 4) is 0 Å². The van der Waals surface area contributed by atoms with Crippen molar-refractivity contribution in [1.82, 2.24) is 30.2 Å². The van der Waals surface area contributed by atoms with Gasteiger partial charge in [0.2, 0.25) is 11.9 Å². The van der Waals surface area contributed by atoms with Crippen LogP contribution in [0.5, 0.6) is 0 Å². The summed E-state index contributed by atoms with van der Waals surface area (Å²) < 4.78 is 1.58. The average Bonchev–Trinajstić information content (AvgIpc) is 3.42. The number of aliphatic hydroxyl groups excluding tert-OH is 1. The Morgan fingerprint density at radius 2 is 2.00 bits per heavy atom. The summed E-state index contributed by atoms with van der Waals surface area (Å²) in [6.45, 7) is 0.000820. The highest BCUT2D eigenvalue weighted by molar-refractivity contribution is 6.14. The van der Waals surface area contributed by atoms with E-state index in [1.807, 2.05) is 30.3 Å². The lowest BCUT2D eigenvalue weighted by Crippen LogP contribution is -2.22. The van der Waals surface area contributed by atoms with Crippen LogP contribution in [-0.4, -0.2) is 49.3 Å². The Labute approximate surface area is 182 Å². The summed E-state index contributed by atoms with van der Waals surface area (Å²) in [4.78, 5) is 32.6. The number of hydrogen-bond donors (Lipinski definition) is 5. The molecule has 5 rings (SSSR count). The van der Waals surface area contributed by atoms with E-state index in [9.17, 15) is 14.7 Å². The molecule has 11 nitrogen and oxygen atoms in total. The van der Waals surface area contributed by atoms with Crippen molar-refractivity contribution in [3.63, 3.8) is 0 Å². The predicted molar refractivity (Wildman–Crippen MR) is 117 cm³/mol. The molecule has 1 saturated heterocycles. The highest BCUT2D eigenvalue weighted by atomic mass is 16.3. The highest BCUT2D eigenvalue weighted by Crippen LogP contribution is 2.27. The molecular formula is C21H22N8O3. The van der Waals surface area contributed by atoms with Crippen LogP contribution >= 0.6 is 0 Å². The maximum absolute atomic E-state index is 11.9. The first kappa shape index (κ1) is 19.9. The summed E-state index contributed by atoms with van der Waals surface area (Å²) in [5.41, 5.74) is 2.16. The second-order valence-electron chi connectivity index (χ2n) is 7.71. The monoisotopic (exact) mass is 434 g/mol. The van der Waals surface area contributed by atoms with Gasteiger partial charge in [-0.2, -0.15) is 19.6 Å². The van der Waals surface area contributed by atoms with Gasteiger partial charge in [0.1, 0.15) is 5.70 Å². The van der Waals surface area contributed by atoms with Crippen molar-refractivity contribution < 1.29 is 14.7 Å². The summed E-state index contributed by atoms with van der Waals surface area (Å²) >= 11 is 0. The zero-order valence-electron chi connectivity index (χ0n) is 17.1. The summed E-state index contributed by atoms with van der Waals surface area (Å²) in [6.07, 6.45) is 5.68. The van der Waals surface area contributed by atoms with Gasteiger partial charge in [-0.25, -0.2) is 4.79 Å². The Hall–Kier alpha value is -3.99. The molecule has 0 spiro atoms. The van der Waals surface area contributed by atoms with E-state index in [2.05, 4.69) is 36.3 Å². The number of nitrogens with zero attached hydrogens (tertiary/aromatic N) is 4. The molecule has 3 aromatic rings. The molecule has 1 saturated carbocycles. The van der Waals surface area contributed by atoms with Crippen molar-refractivity contribution >= 4 is 35.6 Å². The number of hydrogen-bond acceptors (Lipinski definition) is 8. The number of benzene rings is 1. The maximum Gasteiger partial charge on any atom is 0.326 e. The van der Waals surface area contributed by atoms with Gasteiger partial charge in [0.05, 0.1) is 12.2 Å². The molecule has 32 heavy (non-hydrogen) atoms. The third-order valence-corrected chi connectivity index (χ3v) is 5.25. The van der Waals surface area contributed by atoms with E-state index in [4.69, 9.17) is 0 Å². The minimum Gasteiger partial charge on any atom is -0.396 e. The minimum atomic E-state index is -0.569. The molecule has 0 unspecified atom stereocenters. The number of aromatic nitrogens is 4. The SMILES string of the molecule is O=C1NC(=O)/C(=C/c2cnn3c(NC4CC4)nc(N[C@@H](CCO)c4ccccc4)nc23)N1. The lowest BCUT2D eigenvalue weighted by molar-refractivity contribution is -0.115. The molecular weight excluding hydrogens is 412 g/mol. The van der Waals surface area contributed by atoms with Gasteiger partial charge in [-0.15, -0.1) is 0 Å². The molecule has 2 fully saturated rings. The minimum absolute atomic E-state index is 0.000820. The second kappa shape index (κ2) is 8.27. The fourth-order valence-corrected chi connectivity index (χ4v) is 3.49. The number of rotatable bonds is 8. The summed E-state index contributed by atoms with van der Waals surface area (Å²) in [6, 6.07) is 9.33. The molecule has 164 valence electrons. The van der Waals surface area contributed by atoms with Crippen LogP contribution in [0.15, 0.2) is 42.2 Å². The van der Waals surface area contributed by atoms with Gasteiger partial charge in [-0.3, -0.25) is 10.1 Å². The fraction of sp³-hybridized carbons (Fsp3) is 0.286. The van der Waals surface area contributed by atoms with Crippen molar-refractivity contribution in [2.24, 2.45) is 0 Å². The van der Waals surface area contributed by atoms with Crippen LogP contribution in [0.3, 0.4) is 0 Å². The van der Waals surface area contributed by atoms with E-state index in [1.54, 1.807) is 10.7 Å². The summed E-state index contributed by atoms with van der Waals surface area (Å²) in [5, 5.41) is 25.3. The number of carbonyl (C=O) groups excluding carboxylic acids is 2. The summed E-state index contributed by atoms with van der Waals surface area (Å²) in [7, 11) is 0. The molecule has 1 aliphatic carbocycles. The Morgan fingerprint density at radius 3 is 2.69 bits per heavy atom. The first-order chi connectivity index (χ1) is 15.6. The van der Waals surface area contributed by atoms with Crippen LogP contribution in [0.1, 0.15) is 36.4 Å². The molecule has 2 aromatic heterocycles. The predicted octanol–water partition coefficient (Wildman–Crippen LogP) is 1.41. The van der Waals surface area contributed by atoms with Crippen molar-refractivity contribution in [2.75, 3.05) is 17.2 Å². The number of nitrogens with one attached hydrogen (secondary N) is 4. The molecule has 1 atom stereocenters. The van der Waals surface area contributed by atoms with Gasteiger partial charge in [-0.1, -0.05) is 30.3 Å². The molecule has 1 aromatic carbocycles. The van der Waals surface area contributed by atoms with Crippen molar-refractivity contribution in [1.29, 1.82) is 0 Å². The van der Waals surface area contributed by atoms with Crippen molar-refractivity contribution in [2.45, 2.75) is 31.3 Å². The zero-order valence-corrected chi connectivity index (χ0v) is 17.1. The Balaban J connectivity index is 1.54. The standard InChI is InChI=1S/C21H22N8O3/c30-9-8-15(12-4-2-1-3-5-12)24-19-26-17-13(10-16-18(31)27-21(32)25-16)11-22-29(17)20(28-19)23-14-6-7-14/h1-5,10-11,14-15,30H,6-9H2,(H2,23,24,26,28)(H2,25,27,31,32)/b16-10-/t15-/m0/s1. The van der Waals surface area contributed by atoms with E-state index < -0.39 is 11.9 Å². The topological polar surface area (TPSA) is 146 Å². The highest BCUT2D eigenvalue weighted by Gasteiger charge is 2.26. The second-order valence-corrected chi connectivity index (χ2v) is 7.71. The number of aliphatic hydroxyl groups is 1. The quantitative estimate of drug-likeness (QED) is 0.264. The Bertz CT molecular complexity index is 1200. The third-order valence-electron chi connectivity index (χ3n) is 5.25. The Kier molecular flexibility index (Phi) is 5.15. The molecule has 11 heteroatoms. The van der Waals surface area contributed by atoms with E-state index >= 15 is 0 Å². The van der Waals surface area contributed by atoms with E-state index in [0.29, 0.717) is 35.6 Å². The summed E-state index contributed by atoms with van der Waals surface area (Å²) in [5.74, 6) is 0.383. The van der Waals surface area contributed by atoms with Gasteiger partial charge in [0, 0.05) is 18.2 Å². The Morgan fingerprint density at radius 1 is 1.19 bits per heavy atom. The maximum atomic E-state index is 11.9. The molecule has 3 heterocycles. The van der Waals surface area contributed by atoms with Crippen LogP contribution in [-0.2, 0) is 4.79 Å². The molecule has 0 bridgehead atoms. The number of urea groups is 1. The van der Waals surface area contributed by atoms with E-state index in [0.717, 1.165) is 18.4 Å². The van der Waals surface area contributed by atoms with Crippen LogP contribution in [0, 0.1) is 0 Å². The molecule has 1 aliphatic heterocycles. The van der Waals surface area contributed by atoms with E-state index in [-0.39, 0.29) is 18.3 Å². The van der Waals surface area contributed by atoms with Gasteiger partial charge in [-0.05, 0) is 30.9 Å². The number of imide groups is 1. The van der Waals surface area contributed by atoms with Crippen LogP contribution in [0.4, 0.5) is 16.7 Å². The third kappa shape index (κ3) is 4.10. The number of anilines is 2. The number of amides is 3. The first-order valence-electron chi connectivity index (χ1n) is 10.4. The number of fused-ring (bicyclic) bond motifs is 1. The zero-order chi connectivity index (χ0) is 22.1. The fourth-order valence-electron chi connectivity index (χ4n) is 3.49. The average molecular weight is 434 g/mol. The van der Waals surface area contributed by atoms with Crippen molar-refractivity contribution in [3.05, 3.63) is 53.4 Å². The van der Waals surface area contributed by atoms with Gasteiger partial charge < -0.3 is 21.1 Å². The largest absolute Gasteiger partial charge is 0.396 e. The van der Waals surface area contributed by atoms with Crippen LogP contribution < -0.4 is 21.3 Å². The molecule has 3 amide bonds. The lowest BCUT2D eigenvalue weighted by Gasteiger charge is -2.19. The van der Waals surface area contributed by atoms with Gasteiger partial charge in [0.25, 0.3) is 5.91 Å². The van der Waals surface area contributed by atoms with Gasteiger partial charge >= 0.3 is 6.03 Å². The first-order valence-corrected chi connectivity index (χ1v) is 10.4. The molecule has 2 aliphatic rings. The smallest absolute Gasteiger partial charge is 0.326 e. The normalized spacial score (nSPS) is 18.0. The lowest BCUT2D eigenvalue weighted by atomic mass is 10.0.